The largest absolute Gasteiger partial charge is 0.0812 e. The minimum Gasteiger partial charge on any atom is -0.0812 e. The highest BCUT2D eigenvalue weighted by atomic mass is 127. The van der Waals surface area contributed by atoms with E-state index in [9.17, 15) is 0 Å². The van der Waals surface area contributed by atoms with Gasteiger partial charge in [-0.3, -0.25) is 0 Å². The van der Waals surface area contributed by atoms with E-state index in [4.69, 9.17) is 0 Å². The molecule has 0 aliphatic rings. The van der Waals surface area contributed by atoms with E-state index < -0.39 is 0 Å². The Hall–Kier alpha value is -3.69. The molecule has 7 aromatic carbocycles. The molecule has 0 fully saturated rings. The van der Waals surface area contributed by atoms with Crippen molar-refractivity contribution in [2.75, 3.05) is 0 Å². The zero-order valence-electron chi connectivity index (χ0n) is 19.7. The lowest BCUT2D eigenvalue weighted by Gasteiger charge is -2.19. The molecule has 0 atom stereocenters. The second-order valence-corrected chi connectivity index (χ2v) is 10.2. The molecule has 1 heteroatoms. The van der Waals surface area contributed by atoms with Gasteiger partial charge in [0, 0.05) is 4.43 Å². The summed E-state index contributed by atoms with van der Waals surface area (Å²) in [4.78, 5) is 0. The lowest BCUT2D eigenvalue weighted by Crippen LogP contribution is -1.92. The van der Waals surface area contributed by atoms with Crippen molar-refractivity contribution in [1.29, 1.82) is 0 Å². The van der Waals surface area contributed by atoms with Crippen molar-refractivity contribution in [3.63, 3.8) is 0 Å². The Morgan fingerprint density at radius 3 is 1.42 bits per heavy atom. The number of fused-ring (bicyclic) bond motifs is 4. The molecule has 0 N–H and O–H groups in total. The first kappa shape index (κ1) is 21.6. The Morgan fingerprint density at radius 1 is 0.389 bits per heavy atom. The van der Waals surface area contributed by atoms with Crippen LogP contribution in [0.2, 0.25) is 0 Å². The van der Waals surface area contributed by atoms with E-state index in [0.717, 1.165) is 4.43 Å². The maximum Gasteiger partial charge on any atom is 0.0247 e. The monoisotopic (exact) mass is 570 g/mol. The van der Waals surface area contributed by atoms with Gasteiger partial charge < -0.3 is 0 Å². The van der Waals surface area contributed by atoms with E-state index in [1.54, 1.807) is 0 Å². The third-order valence-electron chi connectivity index (χ3n) is 7.32. The van der Waals surface area contributed by atoms with Crippen LogP contribution in [-0.4, -0.2) is 0 Å². The third kappa shape index (κ3) is 3.50. The lowest BCUT2D eigenvalue weighted by atomic mass is 9.84. The molecule has 0 unspecified atom stereocenters. The summed E-state index contributed by atoms with van der Waals surface area (Å²) in [5.41, 5.74) is 6.52. The van der Waals surface area contributed by atoms with E-state index in [0.29, 0.717) is 0 Å². The fourth-order valence-corrected chi connectivity index (χ4v) is 6.09. The van der Waals surface area contributed by atoms with Crippen molar-refractivity contribution in [2.45, 2.75) is 4.43 Å². The second-order valence-electron chi connectivity index (χ2n) is 9.43. The SMILES string of the molecule is ICc1ccc2c(-c3ccc4ccccc4c3)c3ccccc3c(-c3ccc4ccccc4c3)c2c1. The van der Waals surface area contributed by atoms with Crippen LogP contribution in [0.5, 0.6) is 0 Å². The van der Waals surface area contributed by atoms with Crippen molar-refractivity contribution in [3.05, 3.63) is 133 Å². The Kier molecular flexibility index (Phi) is 5.25. The van der Waals surface area contributed by atoms with E-state index in [-0.39, 0.29) is 0 Å². The fourth-order valence-electron chi connectivity index (χ4n) is 5.62. The van der Waals surface area contributed by atoms with Gasteiger partial charge in [0.15, 0.2) is 0 Å². The fraction of sp³-hybridized carbons (Fsp3) is 0.0286. The van der Waals surface area contributed by atoms with Gasteiger partial charge in [-0.2, -0.15) is 0 Å². The van der Waals surface area contributed by atoms with Crippen molar-refractivity contribution < 1.29 is 0 Å². The van der Waals surface area contributed by atoms with Crippen LogP contribution >= 0.6 is 22.6 Å². The molecule has 0 heterocycles. The van der Waals surface area contributed by atoms with Crippen LogP contribution in [0.3, 0.4) is 0 Å². The zero-order chi connectivity index (χ0) is 24.1. The summed E-state index contributed by atoms with van der Waals surface area (Å²) in [6, 6.07) is 47.0. The molecule has 0 spiro atoms. The number of hydrogen-bond acceptors (Lipinski definition) is 0. The van der Waals surface area contributed by atoms with Gasteiger partial charge >= 0.3 is 0 Å². The molecular formula is C35H23I. The van der Waals surface area contributed by atoms with Crippen molar-refractivity contribution in [1.82, 2.24) is 0 Å². The van der Waals surface area contributed by atoms with Gasteiger partial charge in [0.05, 0.1) is 0 Å². The first-order valence-electron chi connectivity index (χ1n) is 12.3. The molecule has 0 saturated carbocycles. The van der Waals surface area contributed by atoms with E-state index in [1.807, 2.05) is 0 Å². The lowest BCUT2D eigenvalue weighted by molar-refractivity contribution is 1.49. The van der Waals surface area contributed by atoms with Gasteiger partial charge in [0.1, 0.15) is 0 Å². The number of hydrogen-bond donors (Lipinski definition) is 0. The summed E-state index contributed by atoms with van der Waals surface area (Å²) in [6.07, 6.45) is 0. The molecule has 0 saturated heterocycles. The highest BCUT2D eigenvalue weighted by molar-refractivity contribution is 14.1. The molecule has 0 radical (unpaired) electrons. The molecule has 0 aliphatic heterocycles. The quantitative estimate of drug-likeness (QED) is 0.113. The minimum atomic E-state index is 0.989. The Morgan fingerprint density at radius 2 is 0.861 bits per heavy atom. The molecule has 170 valence electrons. The van der Waals surface area contributed by atoms with E-state index in [2.05, 4.69) is 150 Å². The maximum atomic E-state index is 2.47. The third-order valence-corrected chi connectivity index (χ3v) is 8.20. The summed E-state index contributed by atoms with van der Waals surface area (Å²) >= 11 is 2.47. The van der Waals surface area contributed by atoms with Crippen LogP contribution in [-0.2, 0) is 4.43 Å². The minimum absolute atomic E-state index is 0.989. The topological polar surface area (TPSA) is 0 Å². The van der Waals surface area contributed by atoms with Crippen molar-refractivity contribution in [3.8, 4) is 22.3 Å². The van der Waals surface area contributed by atoms with Crippen LogP contribution in [0.1, 0.15) is 5.56 Å². The van der Waals surface area contributed by atoms with E-state index >= 15 is 0 Å². The number of halogens is 1. The molecular weight excluding hydrogens is 547 g/mol. The Balaban J connectivity index is 1.63. The number of alkyl halides is 1. The predicted octanol–water partition coefficient (Wildman–Crippen LogP) is 10.6. The first-order valence-corrected chi connectivity index (χ1v) is 13.8. The van der Waals surface area contributed by atoms with Gasteiger partial charge in [0.2, 0.25) is 0 Å². The van der Waals surface area contributed by atoms with Crippen molar-refractivity contribution >= 4 is 65.7 Å². The van der Waals surface area contributed by atoms with Crippen molar-refractivity contribution in [2.24, 2.45) is 0 Å². The highest BCUT2D eigenvalue weighted by Crippen LogP contribution is 2.45. The second kappa shape index (κ2) is 8.76. The molecule has 0 aliphatic carbocycles. The average molecular weight is 570 g/mol. The van der Waals surface area contributed by atoms with Gasteiger partial charge in [-0.15, -0.1) is 0 Å². The van der Waals surface area contributed by atoms with Crippen LogP contribution in [0.15, 0.2) is 127 Å². The summed E-state index contributed by atoms with van der Waals surface area (Å²) in [7, 11) is 0. The summed E-state index contributed by atoms with van der Waals surface area (Å²) in [5, 5.41) is 10.3. The van der Waals surface area contributed by atoms with Crippen LogP contribution in [0, 0.1) is 0 Å². The smallest absolute Gasteiger partial charge is 0.0247 e. The predicted molar refractivity (Wildman–Crippen MR) is 165 cm³/mol. The zero-order valence-corrected chi connectivity index (χ0v) is 21.9. The summed E-state index contributed by atoms with van der Waals surface area (Å²) < 4.78 is 0.989. The Bertz CT molecular complexity index is 1930. The Labute approximate surface area is 224 Å². The number of rotatable bonds is 3. The maximum absolute atomic E-state index is 2.47. The van der Waals surface area contributed by atoms with Crippen LogP contribution < -0.4 is 0 Å². The van der Waals surface area contributed by atoms with E-state index in [1.165, 1.54) is 70.9 Å². The van der Waals surface area contributed by atoms with Gasteiger partial charge in [0.25, 0.3) is 0 Å². The van der Waals surface area contributed by atoms with Crippen LogP contribution in [0.25, 0.3) is 65.3 Å². The standard InChI is InChI=1S/C35H23I/c36-22-23-13-18-32-33(19-23)35(29-17-15-25-8-2-4-10-27(25)21-29)31-12-6-5-11-30(31)34(32)28-16-14-24-7-1-3-9-26(24)20-28/h1-21H,22H2. The summed E-state index contributed by atoms with van der Waals surface area (Å²) in [6.45, 7) is 0. The highest BCUT2D eigenvalue weighted by Gasteiger charge is 2.17. The first-order chi connectivity index (χ1) is 17.8. The molecule has 36 heavy (non-hydrogen) atoms. The molecule has 0 nitrogen and oxygen atoms in total. The molecule has 0 aromatic heterocycles. The molecule has 0 amide bonds. The molecule has 0 bridgehead atoms. The average Bonchev–Trinajstić information content (AvgIpc) is 2.95. The van der Waals surface area contributed by atoms with Crippen LogP contribution in [0.4, 0.5) is 0 Å². The summed E-state index contributed by atoms with van der Waals surface area (Å²) in [5.74, 6) is 0. The van der Waals surface area contributed by atoms with Gasteiger partial charge in [-0.05, 0) is 89.1 Å². The van der Waals surface area contributed by atoms with Gasteiger partial charge in [-0.1, -0.05) is 132 Å². The van der Waals surface area contributed by atoms with Gasteiger partial charge in [-0.25, -0.2) is 0 Å². The number of benzene rings is 7. The normalized spacial score (nSPS) is 11.6. The molecule has 7 rings (SSSR count). The molecule has 7 aromatic rings.